The van der Waals surface area contributed by atoms with E-state index in [1.54, 1.807) is 0 Å². The van der Waals surface area contributed by atoms with Gasteiger partial charge in [-0.1, -0.05) is 6.07 Å². The molecule has 0 saturated carbocycles. The zero-order chi connectivity index (χ0) is 30.9. The van der Waals surface area contributed by atoms with Gasteiger partial charge in [-0.3, -0.25) is 4.18 Å². The molecule has 0 aliphatic carbocycles. The van der Waals surface area contributed by atoms with Gasteiger partial charge >= 0.3 is 65.2 Å². The van der Waals surface area contributed by atoms with Crippen molar-refractivity contribution < 1.29 is 112 Å². The van der Waals surface area contributed by atoms with Crippen LogP contribution in [-0.4, -0.2) is 61.8 Å². The summed E-state index contributed by atoms with van der Waals surface area (Å²) in [6.45, 7) is -0.909. The van der Waals surface area contributed by atoms with Crippen LogP contribution in [0.25, 0.3) is 10.8 Å². The molecule has 3 aromatic carbocycles. The molecule has 0 radical (unpaired) electrons. The maximum atomic E-state index is 13.4. The fourth-order valence-electron chi connectivity index (χ4n) is 3.50. The average molecular weight is 690 g/mol. The fourth-order valence-corrected chi connectivity index (χ4v) is 5.63. The number of fused-ring (bicyclic) bond motifs is 1. The Hall–Kier alpha value is -2.21. The van der Waals surface area contributed by atoms with Crippen molar-refractivity contribution in [2.75, 3.05) is 17.7 Å². The molecule has 15 nitrogen and oxygen atoms in total. The Bertz CT molecular complexity index is 2030. The number of azo groups is 1. The van der Waals surface area contributed by atoms with Crippen LogP contribution in [0.15, 0.2) is 74.6 Å². The Morgan fingerprint density at radius 1 is 0.886 bits per heavy atom. The molecule has 0 aliphatic heterocycles. The zero-order valence-electron chi connectivity index (χ0n) is 22.5. The van der Waals surface area contributed by atoms with Gasteiger partial charge in [0.2, 0.25) is 16.3 Å². The molecule has 0 spiro atoms. The van der Waals surface area contributed by atoms with Crippen molar-refractivity contribution in [1.29, 1.82) is 0 Å². The molecule has 0 amide bonds. The summed E-state index contributed by atoms with van der Waals surface area (Å²) in [4.78, 5) is 5.02. The van der Waals surface area contributed by atoms with Crippen molar-refractivity contribution in [3.63, 3.8) is 0 Å². The Kier molecular flexibility index (Phi) is 12.9. The van der Waals surface area contributed by atoms with Crippen molar-refractivity contribution in [3.05, 3.63) is 66.6 Å². The van der Waals surface area contributed by atoms with Gasteiger partial charge in [0.25, 0.3) is 0 Å². The molecule has 44 heavy (non-hydrogen) atoms. The van der Waals surface area contributed by atoms with Crippen molar-refractivity contribution >= 4 is 64.0 Å². The summed E-state index contributed by atoms with van der Waals surface area (Å²) in [6.07, 6.45) is -1.34. The van der Waals surface area contributed by atoms with E-state index in [-0.39, 0.29) is 92.0 Å². The molecular formula is C22H15F2N5Na2O10S3. The van der Waals surface area contributed by atoms with Crippen LogP contribution in [0.5, 0.6) is 5.75 Å². The maximum absolute atomic E-state index is 13.4. The van der Waals surface area contributed by atoms with Crippen LogP contribution < -0.4 is 64.4 Å². The first-order valence-corrected chi connectivity index (χ1v) is 15.5. The third-order valence-electron chi connectivity index (χ3n) is 5.30. The van der Waals surface area contributed by atoms with Crippen molar-refractivity contribution in [3.8, 4) is 5.75 Å². The van der Waals surface area contributed by atoms with Crippen molar-refractivity contribution in [2.45, 2.75) is 9.79 Å². The van der Waals surface area contributed by atoms with E-state index in [1.165, 1.54) is 18.2 Å². The number of hydrogen-bond acceptors (Lipinski definition) is 15. The Morgan fingerprint density at radius 3 is 2.14 bits per heavy atom. The van der Waals surface area contributed by atoms with Gasteiger partial charge in [0.05, 0.1) is 27.8 Å². The second-order valence-electron chi connectivity index (χ2n) is 8.17. The third-order valence-corrected chi connectivity index (χ3v) is 8.30. The first-order chi connectivity index (χ1) is 19.5. The van der Waals surface area contributed by atoms with Gasteiger partial charge in [-0.2, -0.15) is 23.9 Å². The monoisotopic (exact) mass is 689 g/mol. The van der Waals surface area contributed by atoms with Gasteiger partial charge in [0.15, 0.2) is 15.6 Å². The van der Waals surface area contributed by atoms with Crippen LogP contribution >= 0.6 is 0 Å². The van der Waals surface area contributed by atoms with E-state index < -0.39 is 71.1 Å². The number of anilines is 2. The van der Waals surface area contributed by atoms with Gasteiger partial charge in [0.1, 0.15) is 21.6 Å². The SMILES string of the molecule is O=S(=O)([O-])OCCS(=O)(=O)c1ccc(N=Nc2c(S(=O)(=O)[O-])cc3ccc(Nc4cc(F)nc(F)n4)cc3c2O)cc1.[Na+].[Na+]. The van der Waals surface area contributed by atoms with E-state index in [1.807, 2.05) is 0 Å². The average Bonchev–Trinajstić information content (AvgIpc) is 2.86. The summed E-state index contributed by atoms with van der Waals surface area (Å²) in [5.74, 6) is -3.05. The molecule has 1 heterocycles. The number of phenolic OH excluding ortho intramolecular Hbond substituents is 1. The number of nitrogens with zero attached hydrogens (tertiary/aromatic N) is 4. The second-order valence-corrected chi connectivity index (χ2v) is 12.7. The minimum Gasteiger partial charge on any atom is -0.744 e. The van der Waals surface area contributed by atoms with Crippen molar-refractivity contribution in [1.82, 2.24) is 9.97 Å². The van der Waals surface area contributed by atoms with E-state index in [0.717, 1.165) is 36.4 Å². The van der Waals surface area contributed by atoms with Crippen LogP contribution in [0.4, 0.5) is 31.7 Å². The van der Waals surface area contributed by atoms with Crippen LogP contribution in [0, 0.1) is 12.0 Å². The van der Waals surface area contributed by atoms with Gasteiger partial charge in [-0.05, 0) is 47.9 Å². The van der Waals surface area contributed by atoms with Gasteiger partial charge < -0.3 is 19.5 Å². The quantitative estimate of drug-likeness (QED) is 0.0420. The standard InChI is InChI=1S/C22H17F2N5O10S3.2Na/c23-18-11-19(27-22(24)26-18)25-14-2-1-12-9-17(41(33,34)35)20(21(30)16(12)10-14)29-28-13-3-5-15(6-4-13)40(31,32)8-7-39-42(36,37)38;;/h1-6,9-11,30H,7-8H2,(H,25,26,27)(H,33,34,35)(H,36,37,38);;/q;2*+1/p-2. The molecule has 0 aliphatic rings. The number of halogens is 2. The van der Waals surface area contributed by atoms with E-state index in [2.05, 4.69) is 29.7 Å². The maximum Gasteiger partial charge on any atom is 1.00 e. The fraction of sp³-hybridized carbons (Fsp3) is 0.0909. The normalized spacial score (nSPS) is 12.1. The number of sulfone groups is 1. The minimum atomic E-state index is -5.20. The molecule has 4 aromatic rings. The van der Waals surface area contributed by atoms with Crippen LogP contribution in [0.2, 0.25) is 0 Å². The van der Waals surface area contributed by atoms with Gasteiger partial charge in [-0.15, -0.1) is 5.11 Å². The molecule has 2 N–H and O–H groups in total. The number of nitrogens with one attached hydrogen (secondary N) is 1. The van der Waals surface area contributed by atoms with E-state index in [0.29, 0.717) is 0 Å². The Morgan fingerprint density at radius 2 is 1.55 bits per heavy atom. The molecule has 222 valence electrons. The summed E-state index contributed by atoms with van der Waals surface area (Å²) >= 11 is 0. The van der Waals surface area contributed by atoms with Crippen LogP contribution in [0.1, 0.15) is 0 Å². The molecule has 1 aromatic heterocycles. The summed E-state index contributed by atoms with van der Waals surface area (Å²) < 4.78 is 122. The molecule has 0 saturated heterocycles. The number of aromatic nitrogens is 2. The number of phenols is 1. The molecule has 0 fully saturated rings. The molecule has 4 rings (SSSR count). The number of aromatic hydroxyl groups is 1. The Balaban J connectivity index is 0.00000337. The van der Waals surface area contributed by atoms with E-state index in [4.69, 9.17) is 0 Å². The summed E-state index contributed by atoms with van der Waals surface area (Å²) in [7, 11) is -14.4. The number of rotatable bonds is 10. The number of benzene rings is 3. The first-order valence-electron chi connectivity index (χ1n) is 11.1. The second kappa shape index (κ2) is 14.9. The van der Waals surface area contributed by atoms with E-state index in [9.17, 15) is 48.2 Å². The predicted molar refractivity (Wildman–Crippen MR) is 137 cm³/mol. The van der Waals surface area contributed by atoms with Gasteiger partial charge in [-0.25, -0.2) is 25.3 Å². The van der Waals surface area contributed by atoms with Crippen molar-refractivity contribution in [2.24, 2.45) is 10.2 Å². The zero-order valence-corrected chi connectivity index (χ0v) is 29.0. The minimum absolute atomic E-state index is 0. The number of hydrogen-bond donors (Lipinski definition) is 2. The van der Waals surface area contributed by atoms with Crippen LogP contribution in [0.3, 0.4) is 0 Å². The molecule has 22 heteroatoms. The van der Waals surface area contributed by atoms with Gasteiger partial charge in [0, 0.05) is 17.1 Å². The van der Waals surface area contributed by atoms with E-state index >= 15 is 0 Å². The topological polar surface area (TPSA) is 241 Å². The summed E-state index contributed by atoms with van der Waals surface area (Å²) in [5, 5.41) is 20.9. The largest absolute Gasteiger partial charge is 1.00 e. The Labute approximate surface area is 293 Å². The molecule has 0 atom stereocenters. The smallest absolute Gasteiger partial charge is 0.744 e. The predicted octanol–water partition coefficient (Wildman–Crippen LogP) is -3.06. The van der Waals surface area contributed by atoms with Crippen LogP contribution in [-0.2, 0) is 34.5 Å². The summed E-state index contributed by atoms with van der Waals surface area (Å²) in [5.41, 5.74) is -0.656. The first kappa shape index (κ1) is 38.0. The molecule has 0 unspecified atom stereocenters. The third kappa shape index (κ3) is 9.89. The molecule has 0 bridgehead atoms. The summed E-state index contributed by atoms with van der Waals surface area (Å²) in [6, 6.07) is 10.0. The molecular weight excluding hydrogens is 674 g/mol.